The zero-order chi connectivity index (χ0) is 14.7. The Morgan fingerprint density at radius 1 is 1.05 bits per heavy atom. The summed E-state index contributed by atoms with van der Waals surface area (Å²) in [6.45, 7) is 2.20. The average Bonchev–Trinajstić information content (AvgIpc) is 2.52. The van der Waals surface area contributed by atoms with Gasteiger partial charge in [-0.1, -0.05) is 31.5 Å². The molecule has 0 atom stereocenters. The van der Waals surface area contributed by atoms with E-state index >= 15 is 0 Å². The maximum absolute atomic E-state index is 13.4. The van der Waals surface area contributed by atoms with Crippen molar-refractivity contribution in [2.45, 2.75) is 26.2 Å². The van der Waals surface area contributed by atoms with Gasteiger partial charge in [-0.05, 0) is 54.1 Å². The maximum atomic E-state index is 13.4. The molecule has 0 aliphatic carbocycles. The average molecular weight is 279 g/mol. The molecular formula is C19H18FN. The highest BCUT2D eigenvalue weighted by atomic mass is 19.1. The summed E-state index contributed by atoms with van der Waals surface area (Å²) in [5.41, 5.74) is 3.35. The zero-order valence-electron chi connectivity index (χ0n) is 12.1. The van der Waals surface area contributed by atoms with Crippen molar-refractivity contribution >= 4 is 10.8 Å². The van der Waals surface area contributed by atoms with E-state index < -0.39 is 0 Å². The number of aryl methyl sites for hydroxylation is 1. The van der Waals surface area contributed by atoms with E-state index in [0.29, 0.717) is 0 Å². The fourth-order valence-electron chi connectivity index (χ4n) is 2.63. The first-order chi connectivity index (χ1) is 10.3. The third kappa shape index (κ3) is 2.94. The van der Waals surface area contributed by atoms with Gasteiger partial charge >= 0.3 is 0 Å². The number of nitrogens with zero attached hydrogens (tertiary/aromatic N) is 1. The summed E-state index contributed by atoms with van der Waals surface area (Å²) >= 11 is 0. The highest BCUT2D eigenvalue weighted by molar-refractivity contribution is 5.94. The highest BCUT2D eigenvalue weighted by Crippen LogP contribution is 2.27. The second-order valence-electron chi connectivity index (χ2n) is 5.33. The van der Waals surface area contributed by atoms with Crippen molar-refractivity contribution in [2.24, 2.45) is 0 Å². The molecule has 0 aliphatic rings. The van der Waals surface area contributed by atoms with Crippen LogP contribution in [-0.4, -0.2) is 4.98 Å². The van der Waals surface area contributed by atoms with E-state index in [2.05, 4.69) is 36.2 Å². The van der Waals surface area contributed by atoms with E-state index in [4.69, 9.17) is 0 Å². The number of halogens is 1. The lowest BCUT2D eigenvalue weighted by Crippen LogP contribution is -1.90. The topological polar surface area (TPSA) is 12.9 Å². The molecule has 2 aromatic carbocycles. The second-order valence-corrected chi connectivity index (χ2v) is 5.33. The summed E-state index contributed by atoms with van der Waals surface area (Å²) < 4.78 is 13.4. The lowest BCUT2D eigenvalue weighted by molar-refractivity contribution is 0.630. The molecule has 1 aromatic heterocycles. The molecule has 0 bridgehead atoms. The molecule has 0 unspecified atom stereocenters. The van der Waals surface area contributed by atoms with E-state index in [1.807, 2.05) is 12.1 Å². The first kappa shape index (κ1) is 13.7. The summed E-state index contributed by atoms with van der Waals surface area (Å²) in [6.07, 6.45) is 5.22. The van der Waals surface area contributed by atoms with Gasteiger partial charge in [-0.15, -0.1) is 0 Å². The van der Waals surface area contributed by atoms with Crippen LogP contribution in [0.15, 0.2) is 54.7 Å². The van der Waals surface area contributed by atoms with Crippen molar-refractivity contribution in [3.63, 3.8) is 0 Å². The molecular weight excluding hydrogens is 261 g/mol. The van der Waals surface area contributed by atoms with Crippen LogP contribution in [0.4, 0.5) is 4.39 Å². The molecule has 0 N–H and O–H groups in total. The Balaban J connectivity index is 2.08. The van der Waals surface area contributed by atoms with Crippen molar-refractivity contribution in [3.05, 3.63) is 66.1 Å². The lowest BCUT2D eigenvalue weighted by atomic mass is 10.00. The molecule has 1 nitrogen and oxygen atoms in total. The molecule has 2 heteroatoms. The Hall–Kier alpha value is -2.22. The van der Waals surface area contributed by atoms with E-state index in [1.54, 1.807) is 12.3 Å². The smallest absolute Gasteiger partial charge is 0.123 e. The van der Waals surface area contributed by atoms with Gasteiger partial charge in [-0.25, -0.2) is 4.39 Å². The van der Waals surface area contributed by atoms with Crippen LogP contribution in [0.3, 0.4) is 0 Å². The minimum atomic E-state index is -0.212. The van der Waals surface area contributed by atoms with Gasteiger partial charge < -0.3 is 0 Å². The highest BCUT2D eigenvalue weighted by Gasteiger charge is 2.06. The van der Waals surface area contributed by atoms with Crippen LogP contribution >= 0.6 is 0 Å². The number of hydrogen-bond donors (Lipinski definition) is 0. The summed E-state index contributed by atoms with van der Waals surface area (Å²) in [6, 6.07) is 15.2. The second kappa shape index (κ2) is 6.04. The quantitative estimate of drug-likeness (QED) is 0.624. The van der Waals surface area contributed by atoms with Crippen LogP contribution in [0.5, 0.6) is 0 Å². The predicted molar refractivity (Wildman–Crippen MR) is 85.7 cm³/mol. The molecule has 106 valence electrons. The van der Waals surface area contributed by atoms with Gasteiger partial charge in [0, 0.05) is 17.1 Å². The fraction of sp³-hybridized carbons (Fsp3) is 0.211. The van der Waals surface area contributed by atoms with Crippen LogP contribution in [-0.2, 0) is 6.42 Å². The van der Waals surface area contributed by atoms with Crippen molar-refractivity contribution in [3.8, 4) is 11.3 Å². The van der Waals surface area contributed by atoms with Gasteiger partial charge in [0.1, 0.15) is 5.82 Å². The van der Waals surface area contributed by atoms with Gasteiger partial charge in [0.25, 0.3) is 0 Å². The minimum absolute atomic E-state index is 0.212. The maximum Gasteiger partial charge on any atom is 0.123 e. The standard InChI is InChI=1S/C19H18FN/c1-2-3-5-14-6-4-7-16(12-14)19-18-9-8-17(20)13-15(18)10-11-21-19/h4,6-13H,2-3,5H2,1H3. The summed E-state index contributed by atoms with van der Waals surface area (Å²) in [7, 11) is 0. The number of fused-ring (bicyclic) bond motifs is 1. The molecule has 0 saturated heterocycles. The van der Waals surface area contributed by atoms with E-state index in [0.717, 1.165) is 28.5 Å². The van der Waals surface area contributed by atoms with Crippen molar-refractivity contribution in [2.75, 3.05) is 0 Å². The van der Waals surface area contributed by atoms with Crippen LogP contribution in [0.1, 0.15) is 25.3 Å². The van der Waals surface area contributed by atoms with Crippen LogP contribution in [0.2, 0.25) is 0 Å². The molecule has 0 amide bonds. The first-order valence-corrected chi connectivity index (χ1v) is 7.41. The number of unbranched alkanes of at least 4 members (excludes halogenated alkanes) is 1. The molecule has 21 heavy (non-hydrogen) atoms. The van der Waals surface area contributed by atoms with Crippen LogP contribution < -0.4 is 0 Å². The SMILES string of the molecule is CCCCc1cccc(-c2nccc3cc(F)ccc23)c1. The summed E-state index contributed by atoms with van der Waals surface area (Å²) in [5, 5.41) is 1.88. The first-order valence-electron chi connectivity index (χ1n) is 7.41. The van der Waals surface area contributed by atoms with E-state index in [9.17, 15) is 4.39 Å². The number of hydrogen-bond acceptors (Lipinski definition) is 1. The zero-order valence-corrected chi connectivity index (χ0v) is 12.1. The Kier molecular flexibility index (Phi) is 3.96. The molecule has 0 spiro atoms. The van der Waals surface area contributed by atoms with E-state index in [1.165, 1.54) is 24.5 Å². The fourth-order valence-corrected chi connectivity index (χ4v) is 2.63. The van der Waals surface area contributed by atoms with Gasteiger partial charge in [0.15, 0.2) is 0 Å². The number of rotatable bonds is 4. The molecule has 0 fully saturated rings. The van der Waals surface area contributed by atoms with Gasteiger partial charge in [-0.3, -0.25) is 4.98 Å². The number of aromatic nitrogens is 1. The number of pyridine rings is 1. The normalized spacial score (nSPS) is 11.0. The van der Waals surface area contributed by atoms with Crippen molar-refractivity contribution in [1.29, 1.82) is 0 Å². The molecule has 0 saturated carbocycles. The largest absolute Gasteiger partial charge is 0.256 e. The van der Waals surface area contributed by atoms with Crippen LogP contribution in [0.25, 0.3) is 22.0 Å². The molecule has 1 heterocycles. The third-order valence-electron chi connectivity index (χ3n) is 3.75. The summed E-state index contributed by atoms with van der Waals surface area (Å²) in [4.78, 5) is 4.51. The molecule has 3 aromatic rings. The van der Waals surface area contributed by atoms with Crippen molar-refractivity contribution in [1.82, 2.24) is 4.98 Å². The van der Waals surface area contributed by atoms with Gasteiger partial charge in [0.2, 0.25) is 0 Å². The Labute approximate surface area is 124 Å². The van der Waals surface area contributed by atoms with E-state index in [-0.39, 0.29) is 5.82 Å². The van der Waals surface area contributed by atoms with Crippen LogP contribution in [0, 0.1) is 5.82 Å². The molecule has 3 rings (SSSR count). The predicted octanol–water partition coefficient (Wildman–Crippen LogP) is 5.38. The summed E-state index contributed by atoms with van der Waals surface area (Å²) in [5.74, 6) is -0.212. The Bertz CT molecular complexity index is 764. The van der Waals surface area contributed by atoms with Crippen molar-refractivity contribution < 1.29 is 4.39 Å². The Morgan fingerprint density at radius 2 is 1.95 bits per heavy atom. The third-order valence-corrected chi connectivity index (χ3v) is 3.75. The number of benzene rings is 2. The lowest BCUT2D eigenvalue weighted by Gasteiger charge is -2.08. The minimum Gasteiger partial charge on any atom is -0.256 e. The van der Waals surface area contributed by atoms with Gasteiger partial charge in [-0.2, -0.15) is 0 Å². The monoisotopic (exact) mass is 279 g/mol. The Morgan fingerprint density at radius 3 is 2.81 bits per heavy atom. The van der Waals surface area contributed by atoms with Gasteiger partial charge in [0.05, 0.1) is 5.69 Å². The molecule has 0 aliphatic heterocycles. The molecule has 0 radical (unpaired) electrons.